The van der Waals surface area contributed by atoms with Gasteiger partial charge in [0.05, 0.1) is 12.5 Å². The van der Waals surface area contributed by atoms with Crippen molar-refractivity contribution in [1.82, 2.24) is 25.5 Å². The van der Waals surface area contributed by atoms with Crippen molar-refractivity contribution in [1.29, 1.82) is 0 Å². The molecule has 7 nitrogen and oxygen atoms in total. The van der Waals surface area contributed by atoms with Crippen molar-refractivity contribution in [2.24, 2.45) is 17.3 Å². The molecule has 0 bridgehead atoms. The van der Waals surface area contributed by atoms with Crippen LogP contribution in [0.3, 0.4) is 0 Å². The number of carbonyl (C=O) groups is 1. The summed E-state index contributed by atoms with van der Waals surface area (Å²) in [6.45, 7) is 13.2. The molecule has 2 atom stereocenters. The second-order valence-corrected chi connectivity index (χ2v) is 6.97. The fourth-order valence-electron chi connectivity index (χ4n) is 3.42. The minimum Gasteiger partial charge on any atom is -0.481 e. The Balaban J connectivity index is 0.000000274. The third kappa shape index (κ3) is 5.85. The molecule has 1 spiro atoms. The van der Waals surface area contributed by atoms with E-state index in [9.17, 15) is 4.79 Å². The van der Waals surface area contributed by atoms with Gasteiger partial charge in [-0.3, -0.25) is 9.69 Å². The predicted molar refractivity (Wildman–Crippen MR) is 93.3 cm³/mol. The molecule has 2 heterocycles. The predicted octanol–water partition coefficient (Wildman–Crippen LogP) is 2.97. The van der Waals surface area contributed by atoms with E-state index in [0.29, 0.717) is 5.41 Å². The van der Waals surface area contributed by atoms with Gasteiger partial charge in [-0.05, 0) is 30.6 Å². The first-order valence-electron chi connectivity index (χ1n) is 9.11. The maximum absolute atomic E-state index is 9.93. The smallest absolute Gasteiger partial charge is 0.306 e. The van der Waals surface area contributed by atoms with Gasteiger partial charge in [-0.25, -0.2) is 0 Å². The Kier molecular flexibility index (Phi) is 8.31. The Hall–Kier alpha value is -1.50. The van der Waals surface area contributed by atoms with Crippen LogP contribution in [0.5, 0.6) is 0 Å². The van der Waals surface area contributed by atoms with E-state index in [1.807, 2.05) is 20.8 Å². The molecule has 2 aliphatic rings. The second-order valence-electron chi connectivity index (χ2n) is 6.97. The molecular formula is C17H33N5O2. The molecule has 0 amide bonds. The molecular weight excluding hydrogens is 306 g/mol. The van der Waals surface area contributed by atoms with Crippen molar-refractivity contribution in [2.45, 2.75) is 66.8 Å². The number of likely N-dealkylation sites (tertiary alicyclic amines) is 1. The van der Waals surface area contributed by atoms with Gasteiger partial charge in [0.1, 0.15) is 0 Å². The van der Waals surface area contributed by atoms with E-state index >= 15 is 0 Å². The highest BCUT2D eigenvalue weighted by Crippen LogP contribution is 2.48. The van der Waals surface area contributed by atoms with Gasteiger partial charge < -0.3 is 5.11 Å². The summed E-state index contributed by atoms with van der Waals surface area (Å²) in [7, 11) is 0. The Morgan fingerprint density at radius 2 is 2.12 bits per heavy atom. The average molecular weight is 339 g/mol. The number of tetrazole rings is 1. The van der Waals surface area contributed by atoms with E-state index in [2.05, 4.69) is 32.4 Å². The molecule has 1 aliphatic heterocycles. The lowest BCUT2D eigenvalue weighted by atomic mass is 9.77. The maximum atomic E-state index is 9.93. The van der Waals surface area contributed by atoms with Gasteiger partial charge >= 0.3 is 5.97 Å². The number of rotatable bonds is 4. The maximum Gasteiger partial charge on any atom is 0.306 e. The minimum absolute atomic E-state index is 0.181. The highest BCUT2D eigenvalue weighted by Gasteiger charge is 2.46. The molecule has 1 aromatic rings. The molecule has 3 rings (SSSR count). The largest absolute Gasteiger partial charge is 0.481 e. The highest BCUT2D eigenvalue weighted by molar-refractivity contribution is 5.69. The van der Waals surface area contributed by atoms with Crippen LogP contribution < -0.4 is 0 Å². The molecule has 138 valence electrons. The van der Waals surface area contributed by atoms with E-state index in [4.69, 9.17) is 5.11 Å². The number of carboxylic acids is 1. The zero-order valence-electron chi connectivity index (χ0n) is 15.7. The molecule has 1 aromatic heterocycles. The lowest BCUT2D eigenvalue weighted by Crippen LogP contribution is -2.54. The van der Waals surface area contributed by atoms with Crippen LogP contribution in [0.15, 0.2) is 0 Å². The number of aliphatic carboxylic acids is 1. The number of hydrogen-bond acceptors (Lipinski definition) is 5. The molecule has 2 N–H and O–H groups in total. The van der Waals surface area contributed by atoms with Crippen LogP contribution in [0, 0.1) is 17.3 Å². The third-order valence-electron chi connectivity index (χ3n) is 4.86. The molecule has 0 radical (unpaired) electrons. The summed E-state index contributed by atoms with van der Waals surface area (Å²) in [6, 6.07) is 0. The van der Waals surface area contributed by atoms with E-state index in [0.717, 1.165) is 24.7 Å². The van der Waals surface area contributed by atoms with Crippen molar-refractivity contribution in [3.63, 3.8) is 0 Å². The fraction of sp³-hybridized carbons (Fsp3) is 0.882. The zero-order chi connectivity index (χ0) is 18.2. The summed E-state index contributed by atoms with van der Waals surface area (Å²) in [5.41, 5.74) is 0.642. The molecule has 24 heavy (non-hydrogen) atoms. The Labute approximate surface area is 145 Å². The summed E-state index contributed by atoms with van der Waals surface area (Å²) in [5.74, 6) is 0.857. The van der Waals surface area contributed by atoms with Gasteiger partial charge in [-0.15, -0.1) is 10.2 Å². The van der Waals surface area contributed by atoms with Gasteiger partial charge in [0.15, 0.2) is 5.82 Å². The van der Waals surface area contributed by atoms with Crippen LogP contribution in [0.25, 0.3) is 0 Å². The quantitative estimate of drug-likeness (QED) is 0.875. The number of aromatic nitrogens is 4. The summed E-state index contributed by atoms with van der Waals surface area (Å²) < 4.78 is 0. The van der Waals surface area contributed by atoms with Gasteiger partial charge in [-0.2, -0.15) is 5.21 Å². The summed E-state index contributed by atoms with van der Waals surface area (Å²) >= 11 is 0. The molecule has 2 unspecified atom stereocenters. The Morgan fingerprint density at radius 1 is 1.46 bits per heavy atom. The van der Waals surface area contributed by atoms with Gasteiger partial charge in [0, 0.05) is 13.1 Å². The van der Waals surface area contributed by atoms with Crippen molar-refractivity contribution in [3.05, 3.63) is 5.82 Å². The first kappa shape index (κ1) is 20.5. The summed E-state index contributed by atoms with van der Waals surface area (Å²) in [5, 5.41) is 22.2. The number of aromatic amines is 1. The van der Waals surface area contributed by atoms with Crippen LogP contribution in [0.4, 0.5) is 0 Å². The molecule has 1 saturated carbocycles. The van der Waals surface area contributed by atoms with Crippen LogP contribution in [-0.4, -0.2) is 49.7 Å². The topological polar surface area (TPSA) is 95.0 Å². The fourth-order valence-corrected chi connectivity index (χ4v) is 3.42. The Morgan fingerprint density at radius 3 is 2.50 bits per heavy atom. The van der Waals surface area contributed by atoms with Crippen LogP contribution in [0.2, 0.25) is 0 Å². The van der Waals surface area contributed by atoms with E-state index in [-0.39, 0.29) is 5.92 Å². The third-order valence-corrected chi connectivity index (χ3v) is 4.86. The normalized spacial score (nSPS) is 22.6. The number of H-pyrrole nitrogens is 1. The van der Waals surface area contributed by atoms with Crippen molar-refractivity contribution >= 4 is 5.97 Å². The van der Waals surface area contributed by atoms with Crippen molar-refractivity contribution in [3.8, 4) is 0 Å². The molecule has 2 fully saturated rings. The van der Waals surface area contributed by atoms with Crippen molar-refractivity contribution in [2.75, 3.05) is 13.1 Å². The number of nitrogens with zero attached hydrogens (tertiary/aromatic N) is 4. The number of nitrogens with one attached hydrogen (secondary N) is 1. The molecule has 0 aromatic carbocycles. The van der Waals surface area contributed by atoms with Gasteiger partial charge in [-0.1, -0.05) is 46.3 Å². The lowest BCUT2D eigenvalue weighted by Gasteiger charge is -2.48. The lowest BCUT2D eigenvalue weighted by molar-refractivity contribution is -0.141. The van der Waals surface area contributed by atoms with Crippen LogP contribution in [-0.2, 0) is 11.3 Å². The SMILES string of the molecule is CC.CC1CCC2(C1)CN(Cc1nn[nH]n1)C2.CCC(C)C(=O)O. The van der Waals surface area contributed by atoms with E-state index in [1.54, 1.807) is 6.92 Å². The van der Waals surface area contributed by atoms with Crippen LogP contribution in [0.1, 0.15) is 66.1 Å². The van der Waals surface area contributed by atoms with Gasteiger partial charge in [0.25, 0.3) is 0 Å². The highest BCUT2D eigenvalue weighted by atomic mass is 16.4. The first-order valence-corrected chi connectivity index (χ1v) is 9.11. The Bertz CT molecular complexity index is 471. The summed E-state index contributed by atoms with van der Waals surface area (Å²) in [6.07, 6.45) is 4.96. The molecule has 1 saturated heterocycles. The first-order chi connectivity index (χ1) is 11.4. The summed E-state index contributed by atoms with van der Waals surface area (Å²) in [4.78, 5) is 12.3. The molecule has 7 heteroatoms. The van der Waals surface area contributed by atoms with E-state index in [1.165, 1.54) is 32.4 Å². The average Bonchev–Trinajstić information content (AvgIpc) is 3.18. The van der Waals surface area contributed by atoms with Gasteiger partial charge in [0.2, 0.25) is 0 Å². The van der Waals surface area contributed by atoms with E-state index < -0.39 is 5.97 Å². The monoisotopic (exact) mass is 339 g/mol. The minimum atomic E-state index is -0.706. The van der Waals surface area contributed by atoms with Crippen LogP contribution >= 0.6 is 0 Å². The second kappa shape index (κ2) is 9.71. The standard InChI is InChI=1S/C10H17N5.C5H10O2.C2H6/c1-8-2-3-10(4-8)6-15(7-10)5-9-11-13-14-12-9;1-3-4(2)5(6)7;1-2/h8H,2-7H2,1H3,(H,11,12,13,14);4H,3H2,1-2H3,(H,6,7);1-2H3. The number of hydrogen-bond donors (Lipinski definition) is 2. The van der Waals surface area contributed by atoms with Crippen molar-refractivity contribution < 1.29 is 9.90 Å². The molecule has 1 aliphatic carbocycles. The zero-order valence-corrected chi connectivity index (χ0v) is 15.7. The number of carboxylic acid groups (broad SMARTS) is 1.